The topological polar surface area (TPSA) is 90.4 Å². The van der Waals surface area contributed by atoms with Gasteiger partial charge in [0.1, 0.15) is 11.8 Å². The van der Waals surface area contributed by atoms with Crippen molar-refractivity contribution in [2.75, 3.05) is 31.2 Å². The largest absolute Gasteiger partial charge is 0.494 e. The molecule has 4 aliphatic heterocycles. The van der Waals surface area contributed by atoms with Crippen molar-refractivity contribution in [2.45, 2.75) is 48.9 Å². The van der Waals surface area contributed by atoms with Crippen molar-refractivity contribution in [1.82, 2.24) is 9.80 Å². The maximum Gasteiger partial charge on any atom is 0.247 e. The summed E-state index contributed by atoms with van der Waals surface area (Å²) >= 11 is 1.56. The molecule has 1 unspecified atom stereocenters. The summed E-state index contributed by atoms with van der Waals surface area (Å²) in [4.78, 5) is 48.5. The van der Waals surface area contributed by atoms with E-state index in [9.17, 15) is 19.5 Å². The van der Waals surface area contributed by atoms with Crippen LogP contribution < -0.4 is 9.64 Å². The Morgan fingerprint density at radius 3 is 2.43 bits per heavy atom. The highest BCUT2D eigenvalue weighted by molar-refractivity contribution is 8.02. The van der Waals surface area contributed by atoms with Crippen molar-refractivity contribution in [3.63, 3.8) is 0 Å². The van der Waals surface area contributed by atoms with Crippen molar-refractivity contribution in [3.8, 4) is 5.75 Å². The number of anilines is 1. The molecule has 6 rings (SSSR count). The molecule has 42 heavy (non-hydrogen) atoms. The number of nitrogens with zero attached hydrogens (tertiary/aromatic N) is 3. The van der Waals surface area contributed by atoms with Crippen LogP contribution in [-0.4, -0.2) is 81.0 Å². The molecular weight excluding hydrogens is 550 g/mol. The van der Waals surface area contributed by atoms with Crippen LogP contribution in [0.2, 0.25) is 0 Å². The smallest absolute Gasteiger partial charge is 0.247 e. The quantitative estimate of drug-likeness (QED) is 0.475. The number of aliphatic hydroxyl groups is 1. The van der Waals surface area contributed by atoms with E-state index in [4.69, 9.17) is 4.74 Å². The Kier molecular flexibility index (Phi) is 7.89. The van der Waals surface area contributed by atoms with Gasteiger partial charge in [0.25, 0.3) is 0 Å². The molecular formula is C33H37N3O5S. The van der Waals surface area contributed by atoms with Crippen LogP contribution in [0.5, 0.6) is 5.75 Å². The Bertz CT molecular complexity index is 1390. The molecule has 0 saturated carbocycles. The molecule has 4 heterocycles. The molecule has 2 aromatic rings. The number of aliphatic hydroxyl groups excluding tert-OH is 1. The molecule has 220 valence electrons. The van der Waals surface area contributed by atoms with Crippen molar-refractivity contribution in [3.05, 3.63) is 84.5 Å². The molecule has 4 aliphatic rings. The fraction of sp³-hybridized carbons (Fsp3) is 0.424. The number of rotatable bonds is 8. The van der Waals surface area contributed by atoms with E-state index in [0.717, 1.165) is 17.0 Å². The summed E-state index contributed by atoms with van der Waals surface area (Å²) in [7, 11) is 0. The van der Waals surface area contributed by atoms with Gasteiger partial charge in [-0.25, -0.2) is 0 Å². The number of hydrogen-bond acceptors (Lipinski definition) is 6. The Morgan fingerprint density at radius 1 is 0.976 bits per heavy atom. The SMILES string of the molecule is CCOc1ccc(N2CC=C[C@@H]3S[C@]45C=CCN(Cc6ccccc6)C(=O)C4N([C@@H](CC)CO)C(=O)[C@@H]5[C@@H]3C2=O)cc1. The molecule has 3 amide bonds. The first kappa shape index (κ1) is 28.6. The standard InChI is InChI=1S/C33H37N3O5S/c1-3-23(21-37)36-29-32(40)34(20-22-10-6-5-7-11-22)18-9-17-33(29)28(31(36)39)27-26(42-33)12-8-19-35(30(27)38)24-13-15-25(16-14-24)41-4-2/h5-17,23,26-29,37H,3-4,18-21H2,1-2H3/t23-,26-,27+,28-,29?,33-/m0/s1. The van der Waals surface area contributed by atoms with Crippen LogP contribution in [0.25, 0.3) is 0 Å². The Morgan fingerprint density at radius 2 is 1.74 bits per heavy atom. The number of carbonyl (C=O) groups excluding carboxylic acids is 3. The third-order valence-electron chi connectivity index (χ3n) is 8.93. The molecule has 8 nitrogen and oxygen atoms in total. The highest BCUT2D eigenvalue weighted by atomic mass is 32.2. The third kappa shape index (κ3) is 4.63. The van der Waals surface area contributed by atoms with Gasteiger partial charge in [-0.15, -0.1) is 11.8 Å². The van der Waals surface area contributed by atoms with Gasteiger partial charge in [-0.2, -0.15) is 0 Å². The number of likely N-dealkylation sites (tertiary alicyclic amines) is 1. The van der Waals surface area contributed by atoms with E-state index in [2.05, 4.69) is 0 Å². The lowest BCUT2D eigenvalue weighted by Crippen LogP contribution is -2.56. The van der Waals surface area contributed by atoms with Crippen LogP contribution in [0.15, 0.2) is 78.9 Å². The van der Waals surface area contributed by atoms with E-state index in [1.54, 1.807) is 26.5 Å². The normalized spacial score (nSPS) is 29.2. The molecule has 0 aromatic heterocycles. The number of amides is 3. The summed E-state index contributed by atoms with van der Waals surface area (Å²) in [5.41, 5.74) is 1.74. The summed E-state index contributed by atoms with van der Waals surface area (Å²) in [5.74, 6) is -1.13. The molecule has 2 saturated heterocycles. The molecule has 9 heteroatoms. The molecule has 0 aliphatic carbocycles. The molecule has 1 spiro atoms. The average Bonchev–Trinajstić information content (AvgIpc) is 3.32. The van der Waals surface area contributed by atoms with Crippen LogP contribution >= 0.6 is 11.8 Å². The predicted octanol–water partition coefficient (Wildman–Crippen LogP) is 3.66. The Balaban J connectivity index is 1.39. The number of benzene rings is 2. The lowest BCUT2D eigenvalue weighted by Gasteiger charge is -2.38. The van der Waals surface area contributed by atoms with Crippen molar-refractivity contribution < 1.29 is 24.2 Å². The number of thioether (sulfide) groups is 1. The first-order valence-corrected chi connectivity index (χ1v) is 15.6. The van der Waals surface area contributed by atoms with Gasteiger partial charge in [0.05, 0.1) is 35.8 Å². The summed E-state index contributed by atoms with van der Waals surface area (Å²) in [5, 5.41) is 10.1. The van der Waals surface area contributed by atoms with Crippen LogP contribution in [0.4, 0.5) is 5.69 Å². The van der Waals surface area contributed by atoms with E-state index >= 15 is 0 Å². The third-order valence-corrected chi connectivity index (χ3v) is 10.7. The van der Waals surface area contributed by atoms with Gasteiger partial charge in [0.15, 0.2) is 0 Å². The lowest BCUT2D eigenvalue weighted by molar-refractivity contribution is -0.145. The van der Waals surface area contributed by atoms with E-state index in [1.807, 2.05) is 92.7 Å². The second kappa shape index (κ2) is 11.6. The second-order valence-corrected chi connectivity index (χ2v) is 12.7. The monoisotopic (exact) mass is 587 g/mol. The Hall–Kier alpha value is -3.56. The number of fused-ring (bicyclic) bond motifs is 2. The maximum atomic E-state index is 14.5. The van der Waals surface area contributed by atoms with E-state index < -0.39 is 28.7 Å². The number of carbonyl (C=O) groups is 3. The minimum Gasteiger partial charge on any atom is -0.494 e. The average molecular weight is 588 g/mol. The van der Waals surface area contributed by atoms with Gasteiger partial charge in [0, 0.05) is 30.6 Å². The fourth-order valence-corrected chi connectivity index (χ4v) is 8.99. The van der Waals surface area contributed by atoms with E-state index in [0.29, 0.717) is 32.7 Å². The molecule has 0 radical (unpaired) electrons. The van der Waals surface area contributed by atoms with Crippen LogP contribution in [0.3, 0.4) is 0 Å². The fourth-order valence-electron chi connectivity index (χ4n) is 7.00. The van der Waals surface area contributed by atoms with Crippen molar-refractivity contribution in [1.29, 1.82) is 0 Å². The van der Waals surface area contributed by atoms with Crippen LogP contribution in [-0.2, 0) is 20.9 Å². The maximum absolute atomic E-state index is 14.5. The zero-order chi connectivity index (χ0) is 29.4. The van der Waals surface area contributed by atoms with E-state index in [1.165, 1.54) is 0 Å². The highest BCUT2D eigenvalue weighted by Gasteiger charge is 2.71. The van der Waals surface area contributed by atoms with Gasteiger partial charge in [-0.05, 0) is 43.2 Å². The molecule has 1 N–H and O–H groups in total. The molecule has 6 atom stereocenters. The summed E-state index contributed by atoms with van der Waals surface area (Å²) in [6.45, 7) is 5.37. The van der Waals surface area contributed by atoms with Gasteiger partial charge in [-0.3, -0.25) is 14.4 Å². The zero-order valence-corrected chi connectivity index (χ0v) is 24.8. The van der Waals surface area contributed by atoms with Gasteiger partial charge >= 0.3 is 0 Å². The summed E-state index contributed by atoms with van der Waals surface area (Å²) in [6, 6.07) is 15.9. The minimum absolute atomic E-state index is 0.124. The van der Waals surface area contributed by atoms with Gasteiger partial charge in [-0.1, -0.05) is 61.6 Å². The van der Waals surface area contributed by atoms with E-state index in [-0.39, 0.29) is 29.6 Å². The molecule has 0 bridgehead atoms. The molecule has 2 fully saturated rings. The summed E-state index contributed by atoms with van der Waals surface area (Å²) < 4.78 is 4.67. The van der Waals surface area contributed by atoms with Crippen molar-refractivity contribution >= 4 is 35.2 Å². The van der Waals surface area contributed by atoms with Gasteiger partial charge in [0.2, 0.25) is 17.7 Å². The zero-order valence-electron chi connectivity index (χ0n) is 24.0. The predicted molar refractivity (Wildman–Crippen MR) is 163 cm³/mol. The Labute approximate surface area is 251 Å². The van der Waals surface area contributed by atoms with Crippen molar-refractivity contribution in [2.24, 2.45) is 11.8 Å². The first-order valence-electron chi connectivity index (χ1n) is 14.8. The van der Waals surface area contributed by atoms with Gasteiger partial charge < -0.3 is 24.5 Å². The van der Waals surface area contributed by atoms with Crippen LogP contribution in [0, 0.1) is 11.8 Å². The van der Waals surface area contributed by atoms with Crippen LogP contribution in [0.1, 0.15) is 25.8 Å². The minimum atomic E-state index is -0.917. The molecule has 2 aromatic carbocycles. The number of hydrogen-bond donors (Lipinski definition) is 1. The second-order valence-electron chi connectivity index (χ2n) is 11.2. The first-order chi connectivity index (χ1) is 20.4. The highest BCUT2D eigenvalue weighted by Crippen LogP contribution is 2.61. The lowest BCUT2D eigenvalue weighted by atomic mass is 9.78. The summed E-state index contributed by atoms with van der Waals surface area (Å²) in [6.07, 6.45) is 8.55. The number of ether oxygens (including phenoxy) is 1.